The van der Waals surface area contributed by atoms with Crippen LogP contribution in [0.25, 0.3) is 0 Å². The maximum atomic E-state index is 2.27. The predicted octanol–water partition coefficient (Wildman–Crippen LogP) is 3.44. The average Bonchev–Trinajstić information content (AvgIpc) is 2.55. The van der Waals surface area contributed by atoms with Gasteiger partial charge in [-0.3, -0.25) is 0 Å². The summed E-state index contributed by atoms with van der Waals surface area (Å²) in [5, 5.41) is 2.96. The van der Waals surface area contributed by atoms with Gasteiger partial charge in [0.25, 0.3) is 0 Å². The van der Waals surface area contributed by atoms with Gasteiger partial charge < -0.3 is 0 Å². The molecule has 0 aliphatic carbocycles. The Bertz CT molecular complexity index is 599. The quantitative estimate of drug-likeness (QED) is 0.492. The van der Waals surface area contributed by atoms with E-state index in [1.165, 1.54) is 14.8 Å². The summed E-state index contributed by atoms with van der Waals surface area (Å²) in [6.07, 6.45) is -0.237. The molecule has 0 spiro atoms. The molecule has 0 heterocycles. The topological polar surface area (TPSA) is 0 Å². The molecule has 0 unspecified atom stereocenters. The SMILES string of the molecule is c1cc[c]([Ru][P](c2ccccc2)c2ccccc2)cc1. The predicted molar refractivity (Wildman–Crippen MR) is 85.1 cm³/mol. The van der Waals surface area contributed by atoms with Gasteiger partial charge in [0, 0.05) is 0 Å². The van der Waals surface area contributed by atoms with Crippen molar-refractivity contribution in [3.05, 3.63) is 91.0 Å². The van der Waals surface area contributed by atoms with Crippen LogP contribution in [0.15, 0.2) is 91.0 Å². The minimum atomic E-state index is -0.237. The summed E-state index contributed by atoms with van der Waals surface area (Å²) in [5.74, 6) is 0. The molecule has 0 amide bonds. The fraction of sp³-hybridized carbons (Fsp3) is 0. The first kappa shape index (κ1) is 13.7. The Morgan fingerprint density at radius 3 is 1.35 bits per heavy atom. The molecule has 3 aromatic carbocycles. The molecule has 0 fully saturated rings. The number of benzene rings is 3. The standard InChI is InChI=1S/C12H10P.C6H5.Ru/c1-3-7-11(8-4-1)13-12-9-5-2-6-10-12;1-2-4-6-5-3-1;/h1-10H;1-5H;/q-1;;+1. The van der Waals surface area contributed by atoms with Gasteiger partial charge in [-0.25, -0.2) is 0 Å². The normalized spacial score (nSPS) is 10.8. The molecule has 3 aromatic rings. The van der Waals surface area contributed by atoms with Crippen molar-refractivity contribution in [2.75, 3.05) is 0 Å². The Morgan fingerprint density at radius 1 is 0.500 bits per heavy atom. The van der Waals surface area contributed by atoms with Crippen molar-refractivity contribution in [3.63, 3.8) is 0 Å². The first-order valence-electron chi connectivity index (χ1n) is 6.51. The third-order valence-electron chi connectivity index (χ3n) is 2.85. The van der Waals surface area contributed by atoms with E-state index in [2.05, 4.69) is 91.0 Å². The second-order valence-corrected chi connectivity index (χ2v) is 10.5. The van der Waals surface area contributed by atoms with E-state index in [1.807, 2.05) is 0 Å². The zero-order valence-corrected chi connectivity index (χ0v) is 13.6. The average molecular weight is 363 g/mol. The van der Waals surface area contributed by atoms with Gasteiger partial charge in [0.2, 0.25) is 0 Å². The van der Waals surface area contributed by atoms with Gasteiger partial charge in [-0.1, -0.05) is 0 Å². The minimum absolute atomic E-state index is 0.174. The van der Waals surface area contributed by atoms with E-state index in [9.17, 15) is 0 Å². The molecule has 0 radical (unpaired) electrons. The monoisotopic (exact) mass is 364 g/mol. The van der Waals surface area contributed by atoms with Crippen LogP contribution in [0.2, 0.25) is 0 Å². The van der Waals surface area contributed by atoms with Crippen molar-refractivity contribution in [3.8, 4) is 0 Å². The Morgan fingerprint density at radius 2 is 0.900 bits per heavy atom. The fourth-order valence-electron chi connectivity index (χ4n) is 1.90. The van der Waals surface area contributed by atoms with Gasteiger partial charge in [0.15, 0.2) is 0 Å². The van der Waals surface area contributed by atoms with Crippen molar-refractivity contribution in [2.45, 2.75) is 0 Å². The summed E-state index contributed by atoms with van der Waals surface area (Å²) in [4.78, 5) is 0. The Hall–Kier alpha value is -1.29. The summed E-state index contributed by atoms with van der Waals surface area (Å²) < 4.78 is 1.50. The van der Waals surface area contributed by atoms with Crippen LogP contribution < -0.4 is 14.8 Å². The molecule has 0 aliphatic rings. The van der Waals surface area contributed by atoms with Crippen LogP contribution in [0, 0.1) is 0 Å². The van der Waals surface area contributed by atoms with Crippen LogP contribution in [-0.2, 0) is 16.6 Å². The van der Waals surface area contributed by atoms with Crippen molar-refractivity contribution < 1.29 is 16.6 Å². The molecule has 0 saturated heterocycles. The first-order chi connectivity index (χ1) is 9.93. The summed E-state index contributed by atoms with van der Waals surface area (Å²) in [5.41, 5.74) is 0. The molecule has 0 aliphatic heterocycles. The van der Waals surface area contributed by atoms with Gasteiger partial charge in [0.05, 0.1) is 0 Å². The van der Waals surface area contributed by atoms with Gasteiger partial charge in [-0.05, 0) is 0 Å². The summed E-state index contributed by atoms with van der Waals surface area (Å²) >= 11 is 0.174. The second kappa shape index (κ2) is 6.93. The molecular formula is C18H15PRu. The van der Waals surface area contributed by atoms with E-state index >= 15 is 0 Å². The van der Waals surface area contributed by atoms with Crippen LogP contribution in [0.3, 0.4) is 0 Å². The molecule has 0 atom stereocenters. The molecule has 0 aromatic heterocycles. The third kappa shape index (κ3) is 3.42. The Labute approximate surface area is 128 Å². The molecule has 100 valence electrons. The van der Waals surface area contributed by atoms with Gasteiger partial charge in [0.1, 0.15) is 0 Å². The molecule has 2 heteroatoms. The molecule has 3 rings (SSSR count). The van der Waals surface area contributed by atoms with Crippen LogP contribution in [0.4, 0.5) is 0 Å². The van der Waals surface area contributed by atoms with Crippen LogP contribution in [0.1, 0.15) is 0 Å². The molecule has 0 N–H and O–H groups in total. The van der Waals surface area contributed by atoms with E-state index in [4.69, 9.17) is 0 Å². The number of hydrogen-bond acceptors (Lipinski definition) is 0. The van der Waals surface area contributed by atoms with Gasteiger partial charge in [-0.15, -0.1) is 0 Å². The van der Waals surface area contributed by atoms with Crippen molar-refractivity contribution >= 4 is 21.0 Å². The molecule has 0 bridgehead atoms. The summed E-state index contributed by atoms with van der Waals surface area (Å²) in [6, 6.07) is 32.8. The Kier molecular flexibility index (Phi) is 4.74. The molecule has 20 heavy (non-hydrogen) atoms. The van der Waals surface area contributed by atoms with Crippen LogP contribution in [-0.4, -0.2) is 0 Å². The number of hydrogen-bond donors (Lipinski definition) is 0. The number of rotatable bonds is 4. The van der Waals surface area contributed by atoms with Crippen molar-refractivity contribution in [1.82, 2.24) is 0 Å². The first-order valence-corrected chi connectivity index (χ1v) is 10.9. The fourth-order valence-corrected chi connectivity index (χ4v) is 8.89. The van der Waals surface area contributed by atoms with Crippen molar-refractivity contribution in [2.24, 2.45) is 0 Å². The van der Waals surface area contributed by atoms with Gasteiger partial charge in [-0.2, -0.15) is 0 Å². The van der Waals surface area contributed by atoms with Crippen molar-refractivity contribution in [1.29, 1.82) is 0 Å². The zero-order chi connectivity index (χ0) is 13.6. The summed E-state index contributed by atoms with van der Waals surface area (Å²) in [6.45, 7) is 0. The molecule has 0 nitrogen and oxygen atoms in total. The van der Waals surface area contributed by atoms with E-state index in [0.29, 0.717) is 0 Å². The molecular weight excluding hydrogens is 348 g/mol. The zero-order valence-electron chi connectivity index (χ0n) is 11.0. The maximum absolute atomic E-state index is 2.27. The Balaban J connectivity index is 1.96. The van der Waals surface area contributed by atoms with Gasteiger partial charge >= 0.3 is 129 Å². The molecule has 0 saturated carbocycles. The van der Waals surface area contributed by atoms with Crippen LogP contribution in [0.5, 0.6) is 0 Å². The van der Waals surface area contributed by atoms with E-state index in [0.717, 1.165) is 0 Å². The third-order valence-corrected chi connectivity index (χ3v) is 10.5. The summed E-state index contributed by atoms with van der Waals surface area (Å²) in [7, 11) is 0. The van der Waals surface area contributed by atoms with Crippen LogP contribution >= 0.6 is 6.25 Å². The van der Waals surface area contributed by atoms with E-state index < -0.39 is 0 Å². The second-order valence-electron chi connectivity index (χ2n) is 4.30. The van der Waals surface area contributed by atoms with E-state index in [-0.39, 0.29) is 22.9 Å². The van der Waals surface area contributed by atoms with E-state index in [1.54, 1.807) is 0 Å².